The summed E-state index contributed by atoms with van der Waals surface area (Å²) in [5, 5.41) is 4.49. The maximum atomic E-state index is 13.2. The molecule has 0 spiro atoms. The van der Waals surface area contributed by atoms with Crippen molar-refractivity contribution in [2.24, 2.45) is 5.92 Å². The summed E-state index contributed by atoms with van der Waals surface area (Å²) in [5.74, 6) is -1.14. The van der Waals surface area contributed by atoms with Crippen LogP contribution in [0.5, 0.6) is 0 Å². The summed E-state index contributed by atoms with van der Waals surface area (Å²) < 4.78 is 47.8. The number of ether oxygens (including phenoxy) is 1. The number of halogens is 3. The Hall–Kier alpha value is -2.82. The average Bonchev–Trinajstić information content (AvgIpc) is 3.48. The number of nitrogens with zero attached hydrogens (tertiary/aromatic N) is 7. The molecule has 6 rings (SSSR count). The van der Waals surface area contributed by atoms with E-state index in [0.29, 0.717) is 41.9 Å². The fourth-order valence-electron chi connectivity index (χ4n) is 5.01. The fourth-order valence-corrected chi connectivity index (χ4v) is 5.01. The maximum Gasteiger partial charge on any atom is 0.391 e. The highest BCUT2D eigenvalue weighted by molar-refractivity contribution is 5.75. The van der Waals surface area contributed by atoms with E-state index >= 15 is 0 Å². The summed E-state index contributed by atoms with van der Waals surface area (Å²) in [6.45, 7) is 6.80. The van der Waals surface area contributed by atoms with Crippen molar-refractivity contribution in [2.45, 2.75) is 76.8 Å². The number of fused-ring (bicyclic) bond motifs is 1. The molecule has 35 heavy (non-hydrogen) atoms. The fraction of sp³-hybridized carbons (Fsp3) is 0.625. The Morgan fingerprint density at radius 3 is 2.46 bits per heavy atom. The zero-order chi connectivity index (χ0) is 24.5. The summed E-state index contributed by atoms with van der Waals surface area (Å²) >= 11 is 0. The van der Waals surface area contributed by atoms with Crippen LogP contribution >= 0.6 is 0 Å². The van der Waals surface area contributed by atoms with Gasteiger partial charge in [-0.1, -0.05) is 0 Å². The molecule has 2 unspecified atom stereocenters. The van der Waals surface area contributed by atoms with Gasteiger partial charge in [-0.15, -0.1) is 0 Å². The van der Waals surface area contributed by atoms with Crippen LogP contribution in [0.25, 0.3) is 11.2 Å². The molecule has 0 radical (unpaired) electrons. The van der Waals surface area contributed by atoms with Crippen molar-refractivity contribution in [3.63, 3.8) is 0 Å². The van der Waals surface area contributed by atoms with Gasteiger partial charge in [0.25, 0.3) is 0 Å². The van der Waals surface area contributed by atoms with Crippen LogP contribution in [0.4, 0.5) is 19.1 Å². The minimum Gasteiger partial charge on any atom is -0.367 e. The molecule has 1 saturated heterocycles. The second-order valence-corrected chi connectivity index (χ2v) is 10.2. The molecule has 3 aliphatic rings. The van der Waals surface area contributed by atoms with E-state index in [1.54, 1.807) is 0 Å². The average molecular weight is 488 g/mol. The quantitative estimate of drug-likeness (QED) is 0.532. The van der Waals surface area contributed by atoms with Crippen LogP contribution in [0.1, 0.15) is 73.3 Å². The molecule has 0 bridgehead atoms. The van der Waals surface area contributed by atoms with Gasteiger partial charge in [-0.3, -0.25) is 4.68 Å². The van der Waals surface area contributed by atoms with Crippen molar-refractivity contribution in [1.82, 2.24) is 29.7 Å². The standard InChI is InChI=1S/C24H28F3N7O/c1-12-9-33(11-19(35-12)16-8-28-34(10-16)18-4-5-18)23-31-20(15-6-17(7-15)24(25,26)27)21-22(32-23)30-14(3)13(2)29-21/h8,10,12,15,17-19H,4-7,9,11H2,1-3H3. The second-order valence-electron chi connectivity index (χ2n) is 10.2. The van der Waals surface area contributed by atoms with Gasteiger partial charge >= 0.3 is 6.18 Å². The number of hydrogen-bond donors (Lipinski definition) is 0. The maximum absolute atomic E-state index is 13.2. The van der Waals surface area contributed by atoms with Crippen molar-refractivity contribution >= 4 is 17.1 Å². The Morgan fingerprint density at radius 2 is 1.74 bits per heavy atom. The van der Waals surface area contributed by atoms with Crippen LogP contribution in [-0.2, 0) is 4.74 Å². The van der Waals surface area contributed by atoms with Gasteiger partial charge < -0.3 is 9.64 Å². The van der Waals surface area contributed by atoms with E-state index < -0.39 is 12.1 Å². The van der Waals surface area contributed by atoms with Gasteiger partial charge in [-0.2, -0.15) is 23.3 Å². The molecular weight excluding hydrogens is 459 g/mol. The van der Waals surface area contributed by atoms with E-state index in [1.807, 2.05) is 36.5 Å². The van der Waals surface area contributed by atoms with Crippen LogP contribution in [0, 0.1) is 19.8 Å². The number of morpholine rings is 1. The number of aromatic nitrogens is 6. The predicted molar refractivity (Wildman–Crippen MR) is 122 cm³/mol. The topological polar surface area (TPSA) is 81.9 Å². The lowest BCUT2D eigenvalue weighted by Crippen LogP contribution is -2.44. The summed E-state index contributed by atoms with van der Waals surface area (Å²) in [6, 6.07) is 0.487. The second kappa shape index (κ2) is 8.11. The molecule has 2 saturated carbocycles. The monoisotopic (exact) mass is 487 g/mol. The molecule has 3 aromatic heterocycles. The van der Waals surface area contributed by atoms with E-state index in [0.717, 1.165) is 29.8 Å². The van der Waals surface area contributed by atoms with Crippen LogP contribution in [0.2, 0.25) is 0 Å². The molecule has 186 valence electrons. The minimum absolute atomic E-state index is 0.0200. The molecule has 11 heteroatoms. The van der Waals surface area contributed by atoms with E-state index in [9.17, 15) is 13.2 Å². The SMILES string of the molecule is Cc1nc2nc(N3CC(C)OC(c4cnn(C5CC5)c4)C3)nc(C3CC(C(F)(F)F)C3)c2nc1C. The van der Waals surface area contributed by atoms with Gasteiger partial charge in [-0.25, -0.2) is 15.0 Å². The third-order valence-electron chi connectivity index (χ3n) is 7.40. The zero-order valence-corrected chi connectivity index (χ0v) is 20.0. The lowest BCUT2D eigenvalue weighted by atomic mass is 9.72. The first kappa shape index (κ1) is 22.6. The van der Waals surface area contributed by atoms with Crippen molar-refractivity contribution in [3.8, 4) is 0 Å². The number of hydrogen-bond acceptors (Lipinski definition) is 7. The number of anilines is 1. The smallest absolute Gasteiger partial charge is 0.367 e. The van der Waals surface area contributed by atoms with Crippen molar-refractivity contribution in [1.29, 1.82) is 0 Å². The van der Waals surface area contributed by atoms with E-state index in [2.05, 4.69) is 21.3 Å². The van der Waals surface area contributed by atoms with E-state index in [4.69, 9.17) is 14.7 Å². The van der Waals surface area contributed by atoms with Crippen LogP contribution in [0.3, 0.4) is 0 Å². The Labute approximate surface area is 200 Å². The first-order valence-corrected chi connectivity index (χ1v) is 12.2. The molecule has 8 nitrogen and oxygen atoms in total. The summed E-state index contributed by atoms with van der Waals surface area (Å²) in [5.41, 5.74) is 3.99. The largest absolute Gasteiger partial charge is 0.391 e. The molecular formula is C24H28F3N7O. The van der Waals surface area contributed by atoms with Gasteiger partial charge in [-0.05, 0) is 46.5 Å². The Bertz CT molecular complexity index is 1270. The van der Waals surface area contributed by atoms with Crippen molar-refractivity contribution in [3.05, 3.63) is 35.0 Å². The molecule has 3 aromatic rings. The van der Waals surface area contributed by atoms with Crippen LogP contribution in [0.15, 0.2) is 12.4 Å². The Kier molecular flexibility index (Phi) is 5.24. The highest BCUT2D eigenvalue weighted by atomic mass is 19.4. The third-order valence-corrected chi connectivity index (χ3v) is 7.40. The molecule has 3 fully saturated rings. The van der Waals surface area contributed by atoms with Gasteiger partial charge in [0.05, 0.1) is 47.9 Å². The molecule has 0 N–H and O–H groups in total. The highest BCUT2D eigenvalue weighted by Gasteiger charge is 2.49. The predicted octanol–water partition coefficient (Wildman–Crippen LogP) is 4.59. The van der Waals surface area contributed by atoms with E-state index in [1.165, 1.54) is 0 Å². The molecule has 2 aliphatic carbocycles. The summed E-state index contributed by atoms with van der Waals surface area (Å²) in [7, 11) is 0. The van der Waals surface area contributed by atoms with Gasteiger partial charge in [0.15, 0.2) is 5.65 Å². The number of rotatable bonds is 4. The summed E-state index contributed by atoms with van der Waals surface area (Å²) in [4.78, 5) is 20.8. The molecule has 0 aromatic carbocycles. The molecule has 0 amide bonds. The van der Waals surface area contributed by atoms with Gasteiger partial charge in [0.1, 0.15) is 11.6 Å². The van der Waals surface area contributed by atoms with Crippen LogP contribution in [-0.4, -0.2) is 55.1 Å². The molecule has 1 aliphatic heterocycles. The van der Waals surface area contributed by atoms with Gasteiger partial charge in [0, 0.05) is 24.2 Å². The van der Waals surface area contributed by atoms with Gasteiger partial charge in [0.2, 0.25) is 5.95 Å². The Balaban J connectivity index is 1.34. The normalized spacial score (nSPS) is 27.3. The first-order chi connectivity index (χ1) is 16.7. The third kappa shape index (κ3) is 4.23. The first-order valence-electron chi connectivity index (χ1n) is 12.2. The zero-order valence-electron chi connectivity index (χ0n) is 20.0. The molecule has 4 heterocycles. The molecule has 2 atom stereocenters. The van der Waals surface area contributed by atoms with Crippen molar-refractivity contribution < 1.29 is 17.9 Å². The van der Waals surface area contributed by atoms with E-state index in [-0.39, 0.29) is 31.0 Å². The lowest BCUT2D eigenvalue weighted by Gasteiger charge is -2.38. The minimum atomic E-state index is -4.18. The van der Waals surface area contributed by atoms with Crippen molar-refractivity contribution in [2.75, 3.05) is 18.0 Å². The van der Waals surface area contributed by atoms with Crippen LogP contribution < -0.4 is 4.90 Å². The lowest BCUT2D eigenvalue weighted by molar-refractivity contribution is -0.197. The summed E-state index contributed by atoms with van der Waals surface area (Å²) in [6.07, 6.45) is 1.79. The number of alkyl halides is 3. The highest BCUT2D eigenvalue weighted by Crippen LogP contribution is 2.50. The number of aryl methyl sites for hydroxylation is 2. The Morgan fingerprint density at radius 1 is 1.00 bits per heavy atom.